The topological polar surface area (TPSA) is 83.1 Å². The summed E-state index contributed by atoms with van der Waals surface area (Å²) in [6.07, 6.45) is -0.760. The SMILES string of the molecule is CCOC(OCC)/C(N)=N/OC(C)=O. The molecule has 0 amide bonds. The van der Waals surface area contributed by atoms with E-state index in [2.05, 4.69) is 9.99 Å². The van der Waals surface area contributed by atoms with Crippen LogP contribution in [0, 0.1) is 0 Å². The van der Waals surface area contributed by atoms with Crippen LogP contribution in [0.4, 0.5) is 0 Å². The summed E-state index contributed by atoms with van der Waals surface area (Å²) < 4.78 is 10.2. The molecule has 14 heavy (non-hydrogen) atoms. The highest BCUT2D eigenvalue weighted by Crippen LogP contribution is 1.96. The zero-order valence-corrected chi connectivity index (χ0v) is 8.65. The minimum Gasteiger partial charge on any atom is -0.380 e. The Morgan fingerprint density at radius 2 is 1.86 bits per heavy atom. The van der Waals surface area contributed by atoms with Gasteiger partial charge < -0.3 is 20.0 Å². The summed E-state index contributed by atoms with van der Waals surface area (Å²) in [5.74, 6) is -0.552. The summed E-state index contributed by atoms with van der Waals surface area (Å²) in [4.78, 5) is 14.8. The Kier molecular flexibility index (Phi) is 6.69. The molecule has 6 nitrogen and oxygen atoms in total. The van der Waals surface area contributed by atoms with Crippen LogP contribution < -0.4 is 5.73 Å². The van der Waals surface area contributed by atoms with E-state index in [4.69, 9.17) is 15.2 Å². The summed E-state index contributed by atoms with van der Waals surface area (Å²) >= 11 is 0. The van der Waals surface area contributed by atoms with Crippen LogP contribution in [0.25, 0.3) is 0 Å². The van der Waals surface area contributed by atoms with E-state index in [1.165, 1.54) is 6.92 Å². The van der Waals surface area contributed by atoms with Crippen molar-refractivity contribution in [2.24, 2.45) is 10.9 Å². The minimum atomic E-state index is -0.760. The van der Waals surface area contributed by atoms with E-state index in [1.807, 2.05) is 0 Å². The maximum Gasteiger partial charge on any atom is 0.332 e. The first-order chi connectivity index (χ1) is 6.61. The third-order valence-corrected chi connectivity index (χ3v) is 1.16. The molecule has 0 fully saturated rings. The number of hydrogen-bond acceptors (Lipinski definition) is 5. The molecule has 0 rings (SSSR count). The van der Waals surface area contributed by atoms with Gasteiger partial charge in [-0.2, -0.15) is 0 Å². The number of nitrogens with two attached hydrogens (primary N) is 1. The number of amidine groups is 1. The van der Waals surface area contributed by atoms with Gasteiger partial charge in [0.25, 0.3) is 0 Å². The Morgan fingerprint density at radius 1 is 1.36 bits per heavy atom. The number of carbonyl (C=O) groups excluding carboxylic acids is 1. The monoisotopic (exact) mass is 204 g/mol. The molecule has 0 aliphatic rings. The van der Waals surface area contributed by atoms with Crippen LogP contribution in [0.15, 0.2) is 5.16 Å². The molecule has 0 aromatic heterocycles. The van der Waals surface area contributed by atoms with Crippen LogP contribution in [-0.4, -0.2) is 31.3 Å². The van der Waals surface area contributed by atoms with Crippen LogP contribution in [0.1, 0.15) is 20.8 Å². The maximum absolute atomic E-state index is 10.4. The number of hydrogen-bond donors (Lipinski definition) is 1. The van der Waals surface area contributed by atoms with Gasteiger partial charge >= 0.3 is 5.97 Å². The van der Waals surface area contributed by atoms with Crippen LogP contribution in [0.2, 0.25) is 0 Å². The Labute approximate surface area is 83.0 Å². The first-order valence-corrected chi connectivity index (χ1v) is 4.35. The second kappa shape index (κ2) is 7.28. The molecule has 0 heterocycles. The van der Waals surface area contributed by atoms with Crippen molar-refractivity contribution in [3.05, 3.63) is 0 Å². The van der Waals surface area contributed by atoms with E-state index in [-0.39, 0.29) is 5.84 Å². The van der Waals surface area contributed by atoms with E-state index in [0.29, 0.717) is 13.2 Å². The molecule has 0 spiro atoms. The highest BCUT2D eigenvalue weighted by molar-refractivity contribution is 5.83. The van der Waals surface area contributed by atoms with Crippen LogP contribution in [-0.2, 0) is 19.1 Å². The van der Waals surface area contributed by atoms with E-state index in [9.17, 15) is 4.79 Å². The molecule has 0 saturated heterocycles. The lowest BCUT2D eigenvalue weighted by Crippen LogP contribution is -2.34. The number of ether oxygens (including phenoxy) is 2. The summed E-state index contributed by atoms with van der Waals surface area (Å²) in [5.41, 5.74) is 5.46. The van der Waals surface area contributed by atoms with Crippen LogP contribution >= 0.6 is 0 Å². The van der Waals surface area contributed by atoms with Crippen molar-refractivity contribution in [1.29, 1.82) is 0 Å². The average molecular weight is 204 g/mol. The van der Waals surface area contributed by atoms with E-state index >= 15 is 0 Å². The third kappa shape index (κ3) is 5.50. The van der Waals surface area contributed by atoms with Gasteiger partial charge in [0.15, 0.2) is 5.84 Å². The Hall–Kier alpha value is -1.14. The van der Waals surface area contributed by atoms with E-state index in [0.717, 1.165) is 0 Å². The van der Waals surface area contributed by atoms with Gasteiger partial charge in [0.2, 0.25) is 6.29 Å². The fourth-order valence-corrected chi connectivity index (χ4v) is 0.682. The zero-order chi connectivity index (χ0) is 11.0. The fourth-order valence-electron chi connectivity index (χ4n) is 0.682. The van der Waals surface area contributed by atoms with Gasteiger partial charge in [0.1, 0.15) is 0 Å². The molecular weight excluding hydrogens is 188 g/mol. The van der Waals surface area contributed by atoms with Gasteiger partial charge in [0, 0.05) is 20.1 Å². The number of rotatable bonds is 6. The van der Waals surface area contributed by atoms with E-state index < -0.39 is 12.3 Å². The van der Waals surface area contributed by atoms with Gasteiger partial charge in [0.05, 0.1) is 0 Å². The Morgan fingerprint density at radius 3 is 2.21 bits per heavy atom. The second-order valence-electron chi connectivity index (χ2n) is 2.34. The first kappa shape index (κ1) is 12.9. The highest BCUT2D eigenvalue weighted by atomic mass is 16.7. The molecule has 0 radical (unpaired) electrons. The molecule has 0 bridgehead atoms. The standard InChI is InChI=1S/C8H16N2O4/c1-4-12-8(13-5-2)7(9)10-14-6(3)11/h8H,4-5H2,1-3H3,(H2,9,10). The van der Waals surface area contributed by atoms with Gasteiger partial charge in [-0.05, 0) is 13.8 Å². The van der Waals surface area contributed by atoms with Gasteiger partial charge in [-0.15, -0.1) is 0 Å². The summed E-state index contributed by atoms with van der Waals surface area (Å²) in [5, 5.41) is 3.36. The number of nitrogens with zero attached hydrogens (tertiary/aromatic N) is 1. The Bertz CT molecular complexity index is 200. The summed E-state index contributed by atoms with van der Waals surface area (Å²) in [6.45, 7) is 5.69. The molecular formula is C8H16N2O4. The van der Waals surface area contributed by atoms with Crippen molar-refractivity contribution in [2.45, 2.75) is 27.1 Å². The van der Waals surface area contributed by atoms with Crippen molar-refractivity contribution in [3.63, 3.8) is 0 Å². The Balaban J connectivity index is 4.17. The molecule has 0 aliphatic heterocycles. The summed E-state index contributed by atoms with van der Waals surface area (Å²) in [7, 11) is 0. The second-order valence-corrected chi connectivity index (χ2v) is 2.34. The van der Waals surface area contributed by atoms with E-state index in [1.54, 1.807) is 13.8 Å². The largest absolute Gasteiger partial charge is 0.380 e. The highest BCUT2D eigenvalue weighted by Gasteiger charge is 2.13. The summed E-state index contributed by atoms with van der Waals surface area (Å²) in [6, 6.07) is 0. The van der Waals surface area contributed by atoms with Crippen LogP contribution in [0.3, 0.4) is 0 Å². The minimum absolute atomic E-state index is 0.0103. The molecule has 0 atom stereocenters. The van der Waals surface area contributed by atoms with Crippen molar-refractivity contribution in [3.8, 4) is 0 Å². The van der Waals surface area contributed by atoms with Crippen molar-refractivity contribution in [2.75, 3.05) is 13.2 Å². The molecule has 0 saturated carbocycles. The number of oxime groups is 1. The number of carbonyl (C=O) groups is 1. The van der Waals surface area contributed by atoms with Crippen molar-refractivity contribution in [1.82, 2.24) is 0 Å². The van der Waals surface area contributed by atoms with Gasteiger partial charge in [-0.1, -0.05) is 5.16 Å². The molecule has 0 aromatic rings. The van der Waals surface area contributed by atoms with Crippen molar-refractivity contribution < 1.29 is 19.1 Å². The smallest absolute Gasteiger partial charge is 0.332 e. The quantitative estimate of drug-likeness (QED) is 0.220. The molecule has 6 heteroatoms. The lowest BCUT2D eigenvalue weighted by molar-refractivity contribution is -0.141. The van der Waals surface area contributed by atoms with Gasteiger partial charge in [-0.3, -0.25) is 0 Å². The average Bonchev–Trinajstić information content (AvgIpc) is 2.14. The molecule has 0 unspecified atom stereocenters. The lowest BCUT2D eigenvalue weighted by atomic mass is 10.5. The zero-order valence-electron chi connectivity index (χ0n) is 8.65. The predicted octanol–water partition coefficient (Wildman–Crippen LogP) is 0.221. The molecule has 0 aliphatic carbocycles. The van der Waals surface area contributed by atoms with Gasteiger partial charge in [-0.25, -0.2) is 4.79 Å². The van der Waals surface area contributed by atoms with Crippen LogP contribution in [0.5, 0.6) is 0 Å². The third-order valence-electron chi connectivity index (χ3n) is 1.16. The lowest BCUT2D eigenvalue weighted by Gasteiger charge is -2.14. The maximum atomic E-state index is 10.4. The fraction of sp³-hybridized carbons (Fsp3) is 0.750. The first-order valence-electron chi connectivity index (χ1n) is 4.35. The molecule has 82 valence electrons. The van der Waals surface area contributed by atoms with Crippen molar-refractivity contribution >= 4 is 11.8 Å². The molecule has 0 aromatic carbocycles. The predicted molar refractivity (Wildman–Crippen MR) is 50.4 cm³/mol. The normalized spacial score (nSPS) is 11.9. The molecule has 2 N–H and O–H groups in total.